The molecule has 116 valence electrons. The molecule has 2 aromatic rings. The number of aryl methyl sites for hydroxylation is 2. The third-order valence-corrected chi connectivity index (χ3v) is 3.22. The number of rotatable bonds is 6. The largest absolute Gasteiger partial charge is 0.370 e. The van der Waals surface area contributed by atoms with Crippen molar-refractivity contribution in [2.24, 2.45) is 0 Å². The Labute approximate surface area is 131 Å². The number of amides is 1. The number of hydrogen-bond acceptors (Lipinski definition) is 4. The van der Waals surface area contributed by atoms with E-state index in [1.54, 1.807) is 13.0 Å². The first-order valence-electron chi connectivity index (χ1n) is 7.56. The molecule has 0 bridgehead atoms. The zero-order chi connectivity index (χ0) is 15.9. The van der Waals surface area contributed by atoms with Gasteiger partial charge < -0.3 is 10.6 Å². The predicted octanol–water partition coefficient (Wildman–Crippen LogP) is 3.56. The van der Waals surface area contributed by atoms with E-state index >= 15 is 0 Å². The molecule has 0 fully saturated rings. The van der Waals surface area contributed by atoms with Gasteiger partial charge in [0.05, 0.1) is 0 Å². The summed E-state index contributed by atoms with van der Waals surface area (Å²) in [7, 11) is 0. The number of carbonyl (C=O) groups excluding carboxylic acids is 1. The molecule has 5 nitrogen and oxygen atoms in total. The van der Waals surface area contributed by atoms with Crippen molar-refractivity contribution in [2.45, 2.75) is 33.6 Å². The Morgan fingerprint density at radius 1 is 1.14 bits per heavy atom. The minimum atomic E-state index is -0.229. The average Bonchev–Trinajstić information content (AvgIpc) is 2.49. The van der Waals surface area contributed by atoms with Crippen LogP contribution in [0.2, 0.25) is 0 Å². The molecule has 0 aliphatic carbocycles. The molecule has 5 heteroatoms. The van der Waals surface area contributed by atoms with Gasteiger partial charge in [0.2, 0.25) is 0 Å². The summed E-state index contributed by atoms with van der Waals surface area (Å²) in [6.07, 6.45) is 2.17. The summed E-state index contributed by atoms with van der Waals surface area (Å²) in [6, 6.07) is 9.35. The molecule has 2 rings (SSSR count). The number of carbonyl (C=O) groups is 1. The van der Waals surface area contributed by atoms with Gasteiger partial charge in [0.15, 0.2) is 0 Å². The lowest BCUT2D eigenvalue weighted by Crippen LogP contribution is -2.16. The van der Waals surface area contributed by atoms with Gasteiger partial charge in [-0.2, -0.15) is 0 Å². The van der Waals surface area contributed by atoms with E-state index in [4.69, 9.17) is 0 Å². The van der Waals surface area contributed by atoms with Crippen LogP contribution in [0.25, 0.3) is 0 Å². The van der Waals surface area contributed by atoms with Crippen LogP contribution in [0, 0.1) is 13.8 Å². The zero-order valence-corrected chi connectivity index (χ0v) is 13.3. The molecule has 1 amide bonds. The Morgan fingerprint density at radius 2 is 1.86 bits per heavy atom. The molecule has 0 saturated carbocycles. The van der Waals surface area contributed by atoms with Crippen molar-refractivity contribution in [3.8, 4) is 0 Å². The van der Waals surface area contributed by atoms with Gasteiger partial charge in [0.1, 0.15) is 17.3 Å². The first-order chi connectivity index (χ1) is 10.6. The van der Waals surface area contributed by atoms with Gasteiger partial charge in [0, 0.05) is 18.3 Å². The van der Waals surface area contributed by atoms with E-state index in [2.05, 4.69) is 27.5 Å². The van der Waals surface area contributed by atoms with Gasteiger partial charge in [-0.25, -0.2) is 9.97 Å². The van der Waals surface area contributed by atoms with Crippen molar-refractivity contribution < 1.29 is 4.79 Å². The number of unbranched alkanes of at least 4 members (excludes halogenated alkanes) is 1. The van der Waals surface area contributed by atoms with Crippen LogP contribution in [0.1, 0.15) is 41.6 Å². The van der Waals surface area contributed by atoms with Gasteiger partial charge in [-0.05, 0) is 32.4 Å². The summed E-state index contributed by atoms with van der Waals surface area (Å²) in [5.41, 5.74) is 2.28. The van der Waals surface area contributed by atoms with Crippen molar-refractivity contribution >= 4 is 17.4 Å². The van der Waals surface area contributed by atoms with E-state index in [1.807, 2.05) is 31.2 Å². The van der Waals surface area contributed by atoms with Crippen molar-refractivity contribution in [3.63, 3.8) is 0 Å². The number of nitrogens with one attached hydrogen (secondary N) is 2. The quantitative estimate of drug-likeness (QED) is 0.800. The maximum Gasteiger partial charge on any atom is 0.274 e. The highest BCUT2D eigenvalue weighted by atomic mass is 16.1. The smallest absolute Gasteiger partial charge is 0.274 e. The number of aromatic nitrogens is 2. The maximum atomic E-state index is 12.3. The number of nitrogens with zero attached hydrogens (tertiary/aromatic N) is 2. The zero-order valence-electron chi connectivity index (χ0n) is 13.3. The second-order valence-electron chi connectivity index (χ2n) is 5.29. The minimum Gasteiger partial charge on any atom is -0.370 e. The van der Waals surface area contributed by atoms with Crippen LogP contribution in [0.4, 0.5) is 11.5 Å². The van der Waals surface area contributed by atoms with Crippen molar-refractivity contribution in [3.05, 3.63) is 47.4 Å². The number of anilines is 2. The summed E-state index contributed by atoms with van der Waals surface area (Å²) in [4.78, 5) is 20.8. The first kappa shape index (κ1) is 15.9. The third kappa shape index (κ3) is 4.55. The molecule has 2 N–H and O–H groups in total. The van der Waals surface area contributed by atoms with Crippen molar-refractivity contribution in [1.29, 1.82) is 0 Å². The second kappa shape index (κ2) is 7.54. The highest BCUT2D eigenvalue weighted by molar-refractivity contribution is 6.03. The van der Waals surface area contributed by atoms with Crippen LogP contribution < -0.4 is 10.6 Å². The highest BCUT2D eigenvalue weighted by Gasteiger charge is 2.10. The van der Waals surface area contributed by atoms with E-state index in [0.29, 0.717) is 17.3 Å². The second-order valence-corrected chi connectivity index (χ2v) is 5.29. The molecule has 0 saturated heterocycles. The third-order valence-electron chi connectivity index (χ3n) is 3.22. The van der Waals surface area contributed by atoms with E-state index < -0.39 is 0 Å². The summed E-state index contributed by atoms with van der Waals surface area (Å²) < 4.78 is 0. The Hall–Kier alpha value is -2.43. The predicted molar refractivity (Wildman–Crippen MR) is 89.3 cm³/mol. The summed E-state index contributed by atoms with van der Waals surface area (Å²) in [5.74, 6) is 1.04. The molecule has 0 aliphatic heterocycles. The molecule has 0 spiro atoms. The monoisotopic (exact) mass is 298 g/mol. The van der Waals surface area contributed by atoms with E-state index in [9.17, 15) is 4.79 Å². The van der Waals surface area contributed by atoms with E-state index in [-0.39, 0.29) is 5.91 Å². The molecular weight excluding hydrogens is 276 g/mol. The number of benzene rings is 1. The minimum absolute atomic E-state index is 0.229. The lowest BCUT2D eigenvalue weighted by atomic mass is 10.2. The fourth-order valence-corrected chi connectivity index (χ4v) is 2.00. The Balaban J connectivity index is 2.09. The van der Waals surface area contributed by atoms with Gasteiger partial charge in [-0.3, -0.25) is 4.79 Å². The number of hydrogen-bond donors (Lipinski definition) is 2. The molecule has 22 heavy (non-hydrogen) atoms. The molecule has 1 aromatic heterocycles. The van der Waals surface area contributed by atoms with Gasteiger partial charge in [-0.15, -0.1) is 0 Å². The Kier molecular flexibility index (Phi) is 5.47. The van der Waals surface area contributed by atoms with Crippen LogP contribution in [0.3, 0.4) is 0 Å². The van der Waals surface area contributed by atoms with Crippen molar-refractivity contribution in [1.82, 2.24) is 9.97 Å². The average molecular weight is 298 g/mol. The van der Waals surface area contributed by atoms with Gasteiger partial charge >= 0.3 is 0 Å². The first-order valence-corrected chi connectivity index (χ1v) is 7.56. The molecule has 1 heterocycles. The fraction of sp³-hybridized carbons (Fsp3) is 0.353. The summed E-state index contributed by atoms with van der Waals surface area (Å²) in [5, 5.41) is 6.07. The Morgan fingerprint density at radius 3 is 2.55 bits per heavy atom. The van der Waals surface area contributed by atoms with Crippen LogP contribution in [0.15, 0.2) is 30.3 Å². The molecule has 0 radical (unpaired) electrons. The molecule has 1 aromatic carbocycles. The van der Waals surface area contributed by atoms with Crippen LogP contribution in [-0.2, 0) is 0 Å². The lowest BCUT2D eigenvalue weighted by Gasteiger charge is -2.09. The van der Waals surface area contributed by atoms with Crippen LogP contribution in [-0.4, -0.2) is 22.4 Å². The fourth-order valence-electron chi connectivity index (χ4n) is 2.00. The molecule has 0 unspecified atom stereocenters. The SMILES string of the molecule is CCCCNc1cc(C(=O)Nc2ccc(C)cc2)nc(C)n1. The summed E-state index contributed by atoms with van der Waals surface area (Å²) in [6.45, 7) is 6.76. The standard InChI is InChI=1S/C17H22N4O/c1-4-5-10-18-16-11-15(19-13(3)20-16)17(22)21-14-8-6-12(2)7-9-14/h6-9,11H,4-5,10H2,1-3H3,(H,21,22)(H,18,19,20). The summed E-state index contributed by atoms with van der Waals surface area (Å²) >= 11 is 0. The van der Waals surface area contributed by atoms with Crippen molar-refractivity contribution in [2.75, 3.05) is 17.2 Å². The topological polar surface area (TPSA) is 66.9 Å². The lowest BCUT2D eigenvalue weighted by molar-refractivity contribution is 0.102. The van der Waals surface area contributed by atoms with Gasteiger partial charge in [0.25, 0.3) is 5.91 Å². The van der Waals surface area contributed by atoms with Crippen LogP contribution in [0.5, 0.6) is 0 Å². The van der Waals surface area contributed by atoms with E-state index in [1.165, 1.54) is 0 Å². The normalized spacial score (nSPS) is 10.3. The molecule has 0 aliphatic rings. The molecular formula is C17H22N4O. The van der Waals surface area contributed by atoms with Gasteiger partial charge in [-0.1, -0.05) is 31.0 Å². The van der Waals surface area contributed by atoms with E-state index in [0.717, 1.165) is 30.6 Å². The Bertz CT molecular complexity index is 638. The maximum absolute atomic E-state index is 12.3. The van der Waals surface area contributed by atoms with Crippen LogP contribution >= 0.6 is 0 Å². The molecule has 0 atom stereocenters. The highest BCUT2D eigenvalue weighted by Crippen LogP contribution is 2.12.